The van der Waals surface area contributed by atoms with Gasteiger partial charge < -0.3 is 14.2 Å². The van der Waals surface area contributed by atoms with Crippen LogP contribution in [0.1, 0.15) is 18.4 Å². The Morgan fingerprint density at radius 2 is 2.05 bits per heavy atom. The van der Waals surface area contributed by atoms with Crippen molar-refractivity contribution < 1.29 is 14.1 Å². The smallest absolute Gasteiger partial charge is 0.209 e. The standard InChI is InChI=1S/C16H15BrN2O3/c17-16-14(9-18-22-16)11-1-2-12-13(11)7-10(8-15(12)20)19-3-5-21-6-4-19/h1,8-9H,2-7H2. The highest BCUT2D eigenvalue weighted by Crippen LogP contribution is 2.42. The van der Waals surface area contributed by atoms with Crippen molar-refractivity contribution in [2.24, 2.45) is 0 Å². The molecule has 0 amide bonds. The van der Waals surface area contributed by atoms with Crippen LogP contribution in [0.5, 0.6) is 0 Å². The third kappa shape index (κ3) is 2.27. The first-order chi connectivity index (χ1) is 10.7. The Balaban J connectivity index is 1.64. The number of aromatic nitrogens is 1. The van der Waals surface area contributed by atoms with Crippen molar-refractivity contribution >= 4 is 27.3 Å². The Hall–Kier alpha value is -1.66. The number of rotatable bonds is 2. The van der Waals surface area contributed by atoms with E-state index >= 15 is 0 Å². The maximum Gasteiger partial charge on any atom is 0.209 e. The number of morpholine rings is 1. The Kier molecular flexibility index (Phi) is 3.50. The molecule has 0 saturated carbocycles. The molecule has 0 atom stereocenters. The second kappa shape index (κ2) is 5.52. The van der Waals surface area contributed by atoms with Crippen LogP contribution < -0.4 is 0 Å². The Bertz CT molecular complexity index is 724. The van der Waals surface area contributed by atoms with E-state index in [0.29, 0.717) is 11.1 Å². The molecule has 1 aromatic heterocycles. The molecule has 0 N–H and O–H groups in total. The zero-order chi connectivity index (χ0) is 15.1. The van der Waals surface area contributed by atoms with Gasteiger partial charge in [-0.25, -0.2) is 0 Å². The van der Waals surface area contributed by atoms with Gasteiger partial charge in [-0.05, 0) is 33.5 Å². The summed E-state index contributed by atoms with van der Waals surface area (Å²) >= 11 is 3.38. The second-order valence-electron chi connectivity index (χ2n) is 5.57. The van der Waals surface area contributed by atoms with Crippen LogP contribution in [0.2, 0.25) is 0 Å². The van der Waals surface area contributed by atoms with Crippen molar-refractivity contribution in [3.8, 4) is 0 Å². The van der Waals surface area contributed by atoms with Gasteiger partial charge in [0, 0.05) is 36.9 Å². The molecule has 2 aliphatic carbocycles. The molecule has 0 unspecified atom stereocenters. The van der Waals surface area contributed by atoms with E-state index in [1.807, 2.05) is 0 Å². The van der Waals surface area contributed by atoms with Crippen LogP contribution in [-0.4, -0.2) is 42.1 Å². The molecule has 2 heterocycles. The number of halogens is 1. The predicted molar refractivity (Wildman–Crippen MR) is 83.9 cm³/mol. The topological polar surface area (TPSA) is 55.6 Å². The van der Waals surface area contributed by atoms with Gasteiger partial charge in [0.1, 0.15) is 0 Å². The fourth-order valence-electron chi connectivity index (χ4n) is 3.26. The monoisotopic (exact) mass is 362 g/mol. The van der Waals surface area contributed by atoms with E-state index in [1.54, 1.807) is 12.3 Å². The molecule has 0 spiro atoms. The lowest BCUT2D eigenvalue weighted by molar-refractivity contribution is -0.111. The largest absolute Gasteiger partial charge is 0.378 e. The Morgan fingerprint density at radius 3 is 2.77 bits per heavy atom. The SMILES string of the molecule is O=C1C=C(N2CCOCC2)CC2=C1CC=C2c1cnoc1Br. The van der Waals surface area contributed by atoms with Gasteiger partial charge in [0.05, 0.1) is 25.0 Å². The summed E-state index contributed by atoms with van der Waals surface area (Å²) in [4.78, 5) is 14.7. The van der Waals surface area contributed by atoms with E-state index in [0.717, 1.165) is 60.7 Å². The summed E-state index contributed by atoms with van der Waals surface area (Å²) in [7, 11) is 0. The average Bonchev–Trinajstić information content (AvgIpc) is 3.14. The van der Waals surface area contributed by atoms with E-state index in [1.165, 1.54) is 0 Å². The third-order valence-electron chi connectivity index (χ3n) is 4.39. The zero-order valence-corrected chi connectivity index (χ0v) is 13.6. The highest BCUT2D eigenvalue weighted by Gasteiger charge is 2.31. The molecule has 114 valence electrons. The van der Waals surface area contributed by atoms with Gasteiger partial charge in [0.15, 0.2) is 5.78 Å². The zero-order valence-electron chi connectivity index (χ0n) is 12.0. The molecular formula is C16H15BrN2O3. The van der Waals surface area contributed by atoms with Crippen LogP contribution in [0.15, 0.2) is 44.4 Å². The van der Waals surface area contributed by atoms with E-state index in [-0.39, 0.29) is 5.78 Å². The number of hydrogen-bond acceptors (Lipinski definition) is 5. The molecule has 4 rings (SSSR count). The van der Waals surface area contributed by atoms with Gasteiger partial charge in [-0.15, -0.1) is 0 Å². The first kappa shape index (κ1) is 14.0. The molecule has 1 aliphatic heterocycles. The number of nitrogens with zero attached hydrogens (tertiary/aromatic N) is 2. The summed E-state index contributed by atoms with van der Waals surface area (Å²) in [6.45, 7) is 3.13. The molecule has 0 bridgehead atoms. The summed E-state index contributed by atoms with van der Waals surface area (Å²) in [6, 6.07) is 0. The van der Waals surface area contributed by atoms with Crippen molar-refractivity contribution in [2.45, 2.75) is 12.8 Å². The van der Waals surface area contributed by atoms with Crippen LogP contribution >= 0.6 is 15.9 Å². The van der Waals surface area contributed by atoms with Crippen LogP contribution in [0.4, 0.5) is 0 Å². The maximum absolute atomic E-state index is 12.5. The van der Waals surface area contributed by atoms with Gasteiger partial charge in [0.25, 0.3) is 0 Å². The van der Waals surface area contributed by atoms with E-state index in [9.17, 15) is 4.79 Å². The minimum absolute atomic E-state index is 0.126. The first-order valence-electron chi connectivity index (χ1n) is 7.35. The van der Waals surface area contributed by atoms with Crippen molar-refractivity contribution in [3.05, 3.63) is 45.4 Å². The van der Waals surface area contributed by atoms with Gasteiger partial charge in [-0.3, -0.25) is 4.79 Å². The number of hydrogen-bond donors (Lipinski definition) is 0. The summed E-state index contributed by atoms with van der Waals surface area (Å²) in [5, 5.41) is 3.82. The fourth-order valence-corrected chi connectivity index (χ4v) is 3.66. The highest BCUT2D eigenvalue weighted by atomic mass is 79.9. The maximum atomic E-state index is 12.5. The number of ether oxygens (including phenoxy) is 1. The molecule has 1 aromatic rings. The lowest BCUT2D eigenvalue weighted by Gasteiger charge is -2.33. The molecule has 6 heteroatoms. The number of carbonyl (C=O) groups is 1. The van der Waals surface area contributed by atoms with Gasteiger partial charge >= 0.3 is 0 Å². The van der Waals surface area contributed by atoms with Crippen LogP contribution in [0.25, 0.3) is 5.57 Å². The molecule has 22 heavy (non-hydrogen) atoms. The summed E-state index contributed by atoms with van der Waals surface area (Å²) < 4.78 is 11.1. The summed E-state index contributed by atoms with van der Waals surface area (Å²) in [5.41, 5.74) is 5.08. The van der Waals surface area contributed by atoms with Gasteiger partial charge in [-0.2, -0.15) is 0 Å². The first-order valence-corrected chi connectivity index (χ1v) is 8.14. The minimum atomic E-state index is 0.126. The normalized spacial score (nSPS) is 21.9. The van der Waals surface area contributed by atoms with Crippen LogP contribution in [0, 0.1) is 0 Å². The number of allylic oxidation sites excluding steroid dienone is 5. The van der Waals surface area contributed by atoms with Crippen LogP contribution in [0.3, 0.4) is 0 Å². The minimum Gasteiger partial charge on any atom is -0.378 e. The molecule has 1 fully saturated rings. The van der Waals surface area contributed by atoms with Gasteiger partial charge in [-0.1, -0.05) is 11.2 Å². The fraction of sp³-hybridized carbons (Fsp3) is 0.375. The number of ketones is 1. The second-order valence-corrected chi connectivity index (χ2v) is 6.29. The summed E-state index contributed by atoms with van der Waals surface area (Å²) in [6.07, 6.45) is 7.06. The molecule has 0 radical (unpaired) electrons. The molecule has 1 saturated heterocycles. The quantitative estimate of drug-likeness (QED) is 0.809. The van der Waals surface area contributed by atoms with Crippen LogP contribution in [-0.2, 0) is 9.53 Å². The lowest BCUT2D eigenvalue weighted by atomic mass is 9.90. The van der Waals surface area contributed by atoms with E-state index in [2.05, 4.69) is 32.1 Å². The third-order valence-corrected chi connectivity index (χ3v) is 4.96. The molecule has 5 nitrogen and oxygen atoms in total. The number of carbonyl (C=O) groups excluding carboxylic acids is 1. The average molecular weight is 363 g/mol. The van der Waals surface area contributed by atoms with Crippen molar-refractivity contribution in [2.75, 3.05) is 26.3 Å². The van der Waals surface area contributed by atoms with Gasteiger partial charge in [0.2, 0.25) is 4.67 Å². The predicted octanol–water partition coefficient (Wildman–Crippen LogP) is 2.71. The Morgan fingerprint density at radius 1 is 1.23 bits per heavy atom. The molecule has 0 aromatic carbocycles. The molecule has 3 aliphatic rings. The van der Waals surface area contributed by atoms with Crippen molar-refractivity contribution in [1.82, 2.24) is 10.1 Å². The van der Waals surface area contributed by atoms with Crippen molar-refractivity contribution in [1.29, 1.82) is 0 Å². The highest BCUT2D eigenvalue weighted by molar-refractivity contribution is 9.10. The van der Waals surface area contributed by atoms with Crippen molar-refractivity contribution in [3.63, 3.8) is 0 Å². The lowest BCUT2D eigenvalue weighted by Crippen LogP contribution is -2.36. The van der Waals surface area contributed by atoms with E-state index in [4.69, 9.17) is 9.26 Å². The molecular weight excluding hydrogens is 348 g/mol. The Labute approximate surface area is 136 Å². The summed E-state index contributed by atoms with van der Waals surface area (Å²) in [5.74, 6) is 0.126. The van der Waals surface area contributed by atoms with E-state index < -0.39 is 0 Å².